The minimum absolute atomic E-state index is 0.354. The van der Waals surface area contributed by atoms with Gasteiger partial charge in [0.2, 0.25) is 11.9 Å². The Morgan fingerprint density at radius 1 is 1.16 bits per heavy atom. The van der Waals surface area contributed by atoms with Gasteiger partial charge in [0.1, 0.15) is 0 Å². The van der Waals surface area contributed by atoms with Crippen molar-refractivity contribution in [3.63, 3.8) is 0 Å². The van der Waals surface area contributed by atoms with Crippen molar-refractivity contribution >= 4 is 11.9 Å². The van der Waals surface area contributed by atoms with Crippen molar-refractivity contribution in [3.05, 3.63) is 0 Å². The van der Waals surface area contributed by atoms with Crippen molar-refractivity contribution in [1.82, 2.24) is 15.0 Å². The number of nitrogens with one attached hydrogen (secondary N) is 1. The summed E-state index contributed by atoms with van der Waals surface area (Å²) in [5, 5.41) is 3.08. The summed E-state index contributed by atoms with van der Waals surface area (Å²) in [6.45, 7) is 6.70. The third kappa shape index (κ3) is 5.25. The topological polar surface area (TPSA) is 72.4 Å². The first-order valence-corrected chi connectivity index (χ1v) is 6.54. The minimum Gasteiger partial charge on any atom is -0.463 e. The zero-order valence-corrected chi connectivity index (χ0v) is 12.1. The van der Waals surface area contributed by atoms with E-state index in [1.807, 2.05) is 25.8 Å². The van der Waals surface area contributed by atoms with Crippen LogP contribution in [0.3, 0.4) is 0 Å². The Morgan fingerprint density at radius 3 is 2.58 bits per heavy atom. The number of anilines is 2. The zero-order chi connectivity index (χ0) is 14.1. The Bertz CT molecular complexity index is 375. The number of hydrogen-bond donors (Lipinski definition) is 1. The Kier molecular flexibility index (Phi) is 6.88. The summed E-state index contributed by atoms with van der Waals surface area (Å²) in [6, 6.07) is 0.354. The van der Waals surface area contributed by atoms with E-state index in [-0.39, 0.29) is 0 Å². The molecule has 1 aromatic heterocycles. The van der Waals surface area contributed by atoms with Gasteiger partial charge < -0.3 is 19.7 Å². The van der Waals surface area contributed by atoms with Crippen molar-refractivity contribution in [3.8, 4) is 6.01 Å². The largest absolute Gasteiger partial charge is 0.463 e. The molecule has 0 radical (unpaired) electrons. The number of likely N-dealkylation sites (N-methyl/N-ethyl adjacent to an activating group) is 1. The van der Waals surface area contributed by atoms with Gasteiger partial charge in [0.25, 0.3) is 0 Å². The lowest BCUT2D eigenvalue weighted by Crippen LogP contribution is -2.25. The quantitative estimate of drug-likeness (QED) is 0.721. The molecule has 0 saturated heterocycles. The Labute approximate surface area is 114 Å². The molecule has 19 heavy (non-hydrogen) atoms. The van der Waals surface area contributed by atoms with E-state index in [1.165, 1.54) is 0 Å². The highest BCUT2D eigenvalue weighted by molar-refractivity contribution is 5.37. The summed E-state index contributed by atoms with van der Waals surface area (Å²) in [5.74, 6) is 1.11. The van der Waals surface area contributed by atoms with Gasteiger partial charge in [-0.15, -0.1) is 0 Å². The second kappa shape index (κ2) is 8.47. The van der Waals surface area contributed by atoms with Gasteiger partial charge in [-0.1, -0.05) is 6.92 Å². The second-order valence-electron chi connectivity index (χ2n) is 4.03. The third-order valence-electron chi connectivity index (χ3n) is 2.35. The third-order valence-corrected chi connectivity index (χ3v) is 2.35. The molecule has 1 rings (SSSR count). The second-order valence-corrected chi connectivity index (χ2v) is 4.03. The van der Waals surface area contributed by atoms with Crippen LogP contribution in [0.25, 0.3) is 0 Å². The minimum atomic E-state index is 0.354. The molecule has 7 nitrogen and oxygen atoms in total. The summed E-state index contributed by atoms with van der Waals surface area (Å²) in [5.41, 5.74) is 0. The molecule has 0 aliphatic heterocycles. The molecule has 0 amide bonds. The molecular weight excluding hydrogens is 246 g/mol. The molecule has 0 aliphatic carbocycles. The van der Waals surface area contributed by atoms with E-state index in [0.717, 1.165) is 13.0 Å². The van der Waals surface area contributed by atoms with Gasteiger partial charge in [0.15, 0.2) is 0 Å². The molecule has 0 atom stereocenters. The maximum Gasteiger partial charge on any atom is 0.323 e. The van der Waals surface area contributed by atoms with Crippen molar-refractivity contribution in [2.75, 3.05) is 50.7 Å². The lowest BCUT2D eigenvalue weighted by Gasteiger charge is -2.17. The average molecular weight is 269 g/mol. The van der Waals surface area contributed by atoms with Crippen LogP contribution in [0.2, 0.25) is 0 Å². The summed E-state index contributed by atoms with van der Waals surface area (Å²) in [7, 11) is 3.58. The molecule has 1 heterocycles. The smallest absolute Gasteiger partial charge is 0.323 e. The summed E-state index contributed by atoms with van der Waals surface area (Å²) < 4.78 is 10.5. The van der Waals surface area contributed by atoms with Gasteiger partial charge in [-0.05, 0) is 13.3 Å². The van der Waals surface area contributed by atoms with Gasteiger partial charge >= 0.3 is 6.01 Å². The fraction of sp³-hybridized carbons (Fsp3) is 0.750. The number of methoxy groups -OCH3 is 1. The van der Waals surface area contributed by atoms with Gasteiger partial charge in [-0.25, -0.2) is 0 Å². The van der Waals surface area contributed by atoms with Crippen LogP contribution in [-0.4, -0.2) is 55.4 Å². The number of ether oxygens (including phenoxy) is 2. The van der Waals surface area contributed by atoms with Gasteiger partial charge in [0.05, 0.1) is 13.2 Å². The molecule has 0 spiro atoms. The van der Waals surface area contributed by atoms with E-state index in [1.54, 1.807) is 7.11 Å². The SMILES string of the molecule is CCCOc1nc(NCC)nc(N(C)CCOC)n1. The molecular formula is C12H23N5O2. The molecule has 0 fully saturated rings. The fourth-order valence-electron chi connectivity index (χ4n) is 1.34. The normalized spacial score (nSPS) is 10.3. The maximum atomic E-state index is 5.48. The van der Waals surface area contributed by atoms with Gasteiger partial charge in [-0.3, -0.25) is 0 Å². The molecule has 1 N–H and O–H groups in total. The van der Waals surface area contributed by atoms with Crippen LogP contribution in [0, 0.1) is 0 Å². The van der Waals surface area contributed by atoms with Crippen LogP contribution < -0.4 is 15.0 Å². The molecule has 108 valence electrons. The van der Waals surface area contributed by atoms with E-state index in [0.29, 0.717) is 37.7 Å². The molecule has 0 unspecified atom stereocenters. The number of hydrogen-bond acceptors (Lipinski definition) is 7. The first-order valence-electron chi connectivity index (χ1n) is 6.54. The predicted molar refractivity (Wildman–Crippen MR) is 74.9 cm³/mol. The van der Waals surface area contributed by atoms with Gasteiger partial charge in [0, 0.05) is 27.2 Å². The van der Waals surface area contributed by atoms with E-state index in [9.17, 15) is 0 Å². The first kappa shape index (κ1) is 15.4. The van der Waals surface area contributed by atoms with E-state index < -0.39 is 0 Å². The van der Waals surface area contributed by atoms with Crippen molar-refractivity contribution < 1.29 is 9.47 Å². The molecule has 0 saturated carbocycles. The number of aromatic nitrogens is 3. The highest BCUT2D eigenvalue weighted by atomic mass is 16.5. The highest BCUT2D eigenvalue weighted by Crippen LogP contribution is 2.14. The van der Waals surface area contributed by atoms with Crippen LogP contribution in [-0.2, 0) is 4.74 Å². The van der Waals surface area contributed by atoms with Crippen molar-refractivity contribution in [1.29, 1.82) is 0 Å². The standard InChI is InChI=1S/C12H23N5O2/c1-5-8-19-12-15-10(13-6-2)14-11(16-12)17(3)7-9-18-4/h5-9H2,1-4H3,(H,13,14,15,16). The van der Waals surface area contributed by atoms with E-state index in [4.69, 9.17) is 9.47 Å². The lowest BCUT2D eigenvalue weighted by atomic mass is 10.5. The first-order chi connectivity index (χ1) is 9.21. The summed E-state index contributed by atoms with van der Waals surface area (Å²) in [6.07, 6.45) is 0.914. The van der Waals surface area contributed by atoms with E-state index in [2.05, 4.69) is 20.3 Å². The lowest BCUT2D eigenvalue weighted by molar-refractivity contribution is 0.206. The van der Waals surface area contributed by atoms with Gasteiger partial charge in [-0.2, -0.15) is 15.0 Å². The molecule has 0 bridgehead atoms. The molecule has 0 aliphatic rings. The van der Waals surface area contributed by atoms with Crippen LogP contribution >= 0.6 is 0 Å². The Balaban J connectivity index is 2.84. The molecule has 1 aromatic rings. The van der Waals surface area contributed by atoms with Crippen molar-refractivity contribution in [2.45, 2.75) is 20.3 Å². The van der Waals surface area contributed by atoms with E-state index >= 15 is 0 Å². The molecule has 0 aromatic carbocycles. The average Bonchev–Trinajstić information content (AvgIpc) is 2.42. The molecule has 7 heteroatoms. The number of nitrogens with zero attached hydrogens (tertiary/aromatic N) is 4. The summed E-state index contributed by atoms with van der Waals surface area (Å²) in [4.78, 5) is 14.8. The monoisotopic (exact) mass is 269 g/mol. The van der Waals surface area contributed by atoms with Crippen LogP contribution in [0.15, 0.2) is 0 Å². The Hall–Kier alpha value is -1.63. The van der Waals surface area contributed by atoms with Crippen molar-refractivity contribution in [2.24, 2.45) is 0 Å². The maximum absolute atomic E-state index is 5.48. The zero-order valence-electron chi connectivity index (χ0n) is 12.1. The van der Waals surface area contributed by atoms with Crippen LogP contribution in [0.5, 0.6) is 6.01 Å². The Morgan fingerprint density at radius 2 is 1.95 bits per heavy atom. The van der Waals surface area contributed by atoms with Crippen LogP contribution in [0.1, 0.15) is 20.3 Å². The van der Waals surface area contributed by atoms with Crippen LogP contribution in [0.4, 0.5) is 11.9 Å². The highest BCUT2D eigenvalue weighted by Gasteiger charge is 2.10. The predicted octanol–water partition coefficient (Wildman–Crippen LogP) is 1.17. The summed E-state index contributed by atoms with van der Waals surface area (Å²) >= 11 is 0. The fourth-order valence-corrected chi connectivity index (χ4v) is 1.34. The number of rotatable bonds is 9.